The van der Waals surface area contributed by atoms with Crippen LogP contribution in [0.25, 0.3) is 10.9 Å². The van der Waals surface area contributed by atoms with Crippen molar-refractivity contribution in [2.75, 3.05) is 6.61 Å². The molecule has 0 spiro atoms. The topological polar surface area (TPSA) is 64.1 Å². The number of aromatic nitrogens is 2. The molecular formula is C15H16N2O3S. The maximum atomic E-state index is 12.0. The Balaban J connectivity index is 1.90. The summed E-state index contributed by atoms with van der Waals surface area (Å²) in [5, 5.41) is 0.499. The van der Waals surface area contributed by atoms with Crippen LogP contribution in [-0.2, 0) is 11.8 Å². The van der Waals surface area contributed by atoms with Crippen molar-refractivity contribution >= 4 is 29.1 Å². The number of esters is 1. The lowest BCUT2D eigenvalue weighted by atomic mass is 10.1. The van der Waals surface area contributed by atoms with Gasteiger partial charge in [0.05, 0.1) is 23.1 Å². The molecule has 110 valence electrons. The average Bonchev–Trinajstić information content (AvgIpc) is 3.17. The largest absolute Gasteiger partial charge is 0.462 e. The Morgan fingerprint density at radius 3 is 2.90 bits per heavy atom. The first kappa shape index (κ1) is 14.0. The Bertz CT molecular complexity index is 837. The highest BCUT2D eigenvalue weighted by atomic mass is 32.1. The van der Waals surface area contributed by atoms with Gasteiger partial charge in [0.1, 0.15) is 0 Å². The number of carbonyl (C=O) groups excluding carboxylic acids is 1. The predicted octanol–water partition coefficient (Wildman–Crippen LogP) is 2.41. The van der Waals surface area contributed by atoms with Gasteiger partial charge in [0.15, 0.2) is 4.77 Å². The van der Waals surface area contributed by atoms with Gasteiger partial charge in [-0.2, -0.15) is 0 Å². The Kier molecular flexibility index (Phi) is 3.41. The molecule has 2 atom stereocenters. The highest BCUT2D eigenvalue weighted by molar-refractivity contribution is 7.71. The van der Waals surface area contributed by atoms with E-state index in [1.165, 1.54) is 4.57 Å². The van der Waals surface area contributed by atoms with Crippen LogP contribution < -0.4 is 5.56 Å². The molecule has 3 rings (SSSR count). The molecule has 0 amide bonds. The molecule has 1 fully saturated rings. The van der Waals surface area contributed by atoms with E-state index in [-0.39, 0.29) is 11.5 Å². The van der Waals surface area contributed by atoms with E-state index < -0.39 is 0 Å². The molecule has 1 aliphatic rings. The maximum absolute atomic E-state index is 12.0. The predicted molar refractivity (Wildman–Crippen MR) is 81.9 cm³/mol. The molecule has 0 aliphatic heterocycles. The lowest BCUT2D eigenvalue weighted by Crippen LogP contribution is -2.19. The smallest absolute Gasteiger partial charge is 0.338 e. The zero-order valence-corrected chi connectivity index (χ0v) is 12.7. The average molecular weight is 304 g/mol. The Morgan fingerprint density at radius 1 is 1.52 bits per heavy atom. The fourth-order valence-corrected chi connectivity index (χ4v) is 2.52. The number of benzene rings is 1. The number of hydrogen-bond donors (Lipinski definition) is 1. The van der Waals surface area contributed by atoms with Gasteiger partial charge < -0.3 is 9.72 Å². The monoisotopic (exact) mass is 304 g/mol. The van der Waals surface area contributed by atoms with Crippen molar-refractivity contribution in [1.29, 1.82) is 0 Å². The van der Waals surface area contributed by atoms with Crippen LogP contribution in [0.2, 0.25) is 0 Å². The maximum Gasteiger partial charge on any atom is 0.338 e. The second-order valence-electron chi connectivity index (χ2n) is 5.63. The van der Waals surface area contributed by atoms with Crippen LogP contribution in [0.4, 0.5) is 0 Å². The third kappa shape index (κ3) is 2.63. The normalized spacial score (nSPS) is 20.5. The SMILES string of the molecule is C[C@@H]1C[C@H]1COC(=O)c1ccc2c(=O)n(C)c(=S)[nH]c2c1. The number of hydrogen-bond acceptors (Lipinski definition) is 4. The van der Waals surface area contributed by atoms with E-state index in [9.17, 15) is 9.59 Å². The summed E-state index contributed by atoms with van der Waals surface area (Å²) in [6, 6.07) is 4.85. The quantitative estimate of drug-likeness (QED) is 0.698. The molecule has 1 saturated carbocycles. The Morgan fingerprint density at radius 2 is 2.24 bits per heavy atom. The number of ether oxygens (including phenoxy) is 1. The Labute approximate surface area is 126 Å². The number of carbonyl (C=O) groups is 1. The van der Waals surface area contributed by atoms with Crippen LogP contribution in [0.5, 0.6) is 0 Å². The molecule has 5 nitrogen and oxygen atoms in total. The minimum atomic E-state index is -0.365. The Hall–Kier alpha value is -1.95. The van der Waals surface area contributed by atoms with Crippen molar-refractivity contribution in [2.24, 2.45) is 18.9 Å². The summed E-state index contributed by atoms with van der Waals surface area (Å²) in [4.78, 5) is 27.0. The van der Waals surface area contributed by atoms with Crippen molar-refractivity contribution in [3.63, 3.8) is 0 Å². The van der Waals surface area contributed by atoms with Crippen LogP contribution in [-0.4, -0.2) is 22.1 Å². The minimum absolute atomic E-state index is 0.180. The molecule has 2 aromatic rings. The van der Waals surface area contributed by atoms with E-state index in [4.69, 9.17) is 17.0 Å². The summed E-state index contributed by atoms with van der Waals surface area (Å²) in [6.45, 7) is 2.61. The van der Waals surface area contributed by atoms with E-state index in [1.807, 2.05) is 0 Å². The number of H-pyrrole nitrogens is 1. The lowest BCUT2D eigenvalue weighted by molar-refractivity contribution is 0.0481. The zero-order chi connectivity index (χ0) is 15.1. The second kappa shape index (κ2) is 5.11. The summed E-state index contributed by atoms with van der Waals surface area (Å²) in [5.74, 6) is 0.775. The van der Waals surface area contributed by atoms with E-state index in [0.29, 0.717) is 39.7 Å². The fraction of sp³-hybridized carbons (Fsp3) is 0.400. The standard InChI is InChI=1S/C15H16N2O3S/c1-8-5-10(8)7-20-14(19)9-3-4-11-12(6-9)16-15(21)17(2)13(11)18/h3-4,6,8,10H,5,7H2,1-2H3,(H,16,21)/t8-,10+/m1/s1. The summed E-state index contributed by atoms with van der Waals surface area (Å²) < 4.78 is 6.98. The molecule has 0 saturated heterocycles. The number of fused-ring (bicyclic) bond motifs is 1. The molecule has 1 aromatic heterocycles. The fourth-order valence-electron chi connectivity index (χ4n) is 2.33. The number of nitrogens with zero attached hydrogens (tertiary/aromatic N) is 1. The number of rotatable bonds is 3. The molecule has 0 radical (unpaired) electrons. The van der Waals surface area contributed by atoms with Crippen molar-refractivity contribution in [3.8, 4) is 0 Å². The third-order valence-electron chi connectivity index (χ3n) is 4.04. The molecule has 21 heavy (non-hydrogen) atoms. The van der Waals surface area contributed by atoms with Crippen molar-refractivity contribution in [1.82, 2.24) is 9.55 Å². The zero-order valence-electron chi connectivity index (χ0n) is 11.9. The van der Waals surface area contributed by atoms with Gasteiger partial charge in [-0.15, -0.1) is 0 Å². The molecule has 6 heteroatoms. The molecule has 1 N–H and O–H groups in total. The summed E-state index contributed by atoms with van der Waals surface area (Å²) >= 11 is 5.08. The van der Waals surface area contributed by atoms with Crippen LogP contribution in [0.1, 0.15) is 23.7 Å². The van der Waals surface area contributed by atoms with E-state index in [0.717, 1.165) is 6.42 Å². The van der Waals surface area contributed by atoms with Crippen molar-refractivity contribution < 1.29 is 9.53 Å². The summed E-state index contributed by atoms with van der Waals surface area (Å²) in [7, 11) is 1.61. The van der Waals surface area contributed by atoms with Crippen molar-refractivity contribution in [3.05, 3.63) is 38.9 Å². The number of nitrogens with one attached hydrogen (secondary N) is 1. The third-order valence-corrected chi connectivity index (χ3v) is 4.42. The van der Waals surface area contributed by atoms with E-state index in [2.05, 4.69) is 11.9 Å². The van der Waals surface area contributed by atoms with Gasteiger partial charge in [-0.1, -0.05) is 6.92 Å². The molecule has 1 aliphatic carbocycles. The molecule has 1 heterocycles. The highest BCUT2D eigenvalue weighted by Gasteiger charge is 2.33. The minimum Gasteiger partial charge on any atom is -0.462 e. The second-order valence-corrected chi connectivity index (χ2v) is 6.01. The van der Waals surface area contributed by atoms with Gasteiger partial charge in [0, 0.05) is 7.05 Å². The highest BCUT2D eigenvalue weighted by Crippen LogP contribution is 2.37. The van der Waals surface area contributed by atoms with Gasteiger partial charge in [0.2, 0.25) is 0 Å². The summed E-state index contributed by atoms with van der Waals surface area (Å²) in [5.41, 5.74) is 0.799. The first-order chi connectivity index (χ1) is 9.97. The van der Waals surface area contributed by atoms with Gasteiger partial charge in [-0.3, -0.25) is 9.36 Å². The van der Waals surface area contributed by atoms with Gasteiger partial charge in [-0.05, 0) is 48.7 Å². The van der Waals surface area contributed by atoms with Crippen LogP contribution in [0.3, 0.4) is 0 Å². The first-order valence-electron chi connectivity index (χ1n) is 6.87. The molecule has 1 aromatic carbocycles. The van der Waals surface area contributed by atoms with E-state index in [1.54, 1.807) is 25.2 Å². The first-order valence-corrected chi connectivity index (χ1v) is 7.28. The summed E-state index contributed by atoms with van der Waals surface area (Å²) in [6.07, 6.45) is 1.12. The van der Waals surface area contributed by atoms with Gasteiger partial charge in [0.25, 0.3) is 5.56 Å². The van der Waals surface area contributed by atoms with Gasteiger partial charge in [-0.25, -0.2) is 4.79 Å². The van der Waals surface area contributed by atoms with Crippen LogP contribution in [0.15, 0.2) is 23.0 Å². The molecule has 0 bridgehead atoms. The van der Waals surface area contributed by atoms with Gasteiger partial charge >= 0.3 is 5.97 Å². The number of aromatic amines is 1. The molecule has 0 unspecified atom stereocenters. The van der Waals surface area contributed by atoms with Crippen molar-refractivity contribution in [2.45, 2.75) is 13.3 Å². The van der Waals surface area contributed by atoms with Crippen LogP contribution >= 0.6 is 12.2 Å². The van der Waals surface area contributed by atoms with Crippen LogP contribution in [0, 0.1) is 16.6 Å². The molecular weight excluding hydrogens is 288 g/mol. The lowest BCUT2D eigenvalue weighted by Gasteiger charge is -2.06. The van der Waals surface area contributed by atoms with E-state index >= 15 is 0 Å².